The number of rotatable bonds is 4. The van der Waals surface area contributed by atoms with Crippen LogP contribution >= 0.6 is 0 Å². The maximum absolute atomic E-state index is 12.4. The van der Waals surface area contributed by atoms with Gasteiger partial charge in [0.15, 0.2) is 0 Å². The Hall–Kier alpha value is -2.43. The second-order valence-corrected chi connectivity index (χ2v) is 6.14. The van der Waals surface area contributed by atoms with E-state index in [2.05, 4.69) is 20.6 Å². The summed E-state index contributed by atoms with van der Waals surface area (Å²) in [6, 6.07) is 6.40. The number of carbonyl (C=O) groups is 1. The summed E-state index contributed by atoms with van der Waals surface area (Å²) in [4.78, 5) is 20.9. The molecule has 5 nitrogen and oxygen atoms in total. The number of aryl methyl sites for hydroxylation is 2. The van der Waals surface area contributed by atoms with Crippen LogP contribution in [0.25, 0.3) is 0 Å². The van der Waals surface area contributed by atoms with Gasteiger partial charge in [0.25, 0.3) is 5.91 Å². The van der Waals surface area contributed by atoms with Crippen LogP contribution < -0.4 is 10.6 Å². The van der Waals surface area contributed by atoms with Crippen molar-refractivity contribution in [1.29, 1.82) is 0 Å². The molecular weight excluding hydrogens is 288 g/mol. The van der Waals surface area contributed by atoms with E-state index in [1.165, 1.54) is 12.8 Å². The van der Waals surface area contributed by atoms with E-state index in [-0.39, 0.29) is 5.91 Å². The van der Waals surface area contributed by atoms with E-state index in [0.29, 0.717) is 17.6 Å². The number of anilines is 2. The molecule has 1 aliphatic rings. The Balaban J connectivity index is 1.67. The van der Waals surface area contributed by atoms with Crippen LogP contribution in [0.1, 0.15) is 47.2 Å². The van der Waals surface area contributed by atoms with Crippen molar-refractivity contribution in [2.24, 2.45) is 0 Å². The molecule has 2 aromatic rings. The Morgan fingerprint density at radius 2 is 1.70 bits per heavy atom. The van der Waals surface area contributed by atoms with Gasteiger partial charge in [0.05, 0.1) is 5.56 Å². The van der Waals surface area contributed by atoms with Crippen LogP contribution in [-0.4, -0.2) is 21.9 Å². The molecule has 0 atom stereocenters. The first kappa shape index (κ1) is 15.5. The summed E-state index contributed by atoms with van der Waals surface area (Å²) < 4.78 is 0. The Bertz CT molecular complexity index is 670. The van der Waals surface area contributed by atoms with Crippen molar-refractivity contribution in [3.05, 3.63) is 47.3 Å². The number of aromatic nitrogens is 2. The van der Waals surface area contributed by atoms with Crippen LogP contribution in [-0.2, 0) is 0 Å². The number of nitrogens with zero attached hydrogens (tertiary/aromatic N) is 2. The average Bonchev–Trinajstić information content (AvgIpc) is 3.04. The lowest BCUT2D eigenvalue weighted by atomic mass is 10.1. The van der Waals surface area contributed by atoms with Gasteiger partial charge in [-0.15, -0.1) is 0 Å². The molecule has 0 aliphatic heterocycles. The summed E-state index contributed by atoms with van der Waals surface area (Å²) in [5.41, 5.74) is 3.40. The summed E-state index contributed by atoms with van der Waals surface area (Å²) in [6.07, 6.45) is 8.00. The minimum absolute atomic E-state index is 0.185. The molecule has 0 spiro atoms. The van der Waals surface area contributed by atoms with Crippen molar-refractivity contribution >= 4 is 17.5 Å². The molecule has 0 radical (unpaired) electrons. The van der Waals surface area contributed by atoms with Crippen LogP contribution in [0, 0.1) is 13.8 Å². The summed E-state index contributed by atoms with van der Waals surface area (Å²) >= 11 is 0. The van der Waals surface area contributed by atoms with Crippen molar-refractivity contribution in [2.45, 2.75) is 45.6 Å². The van der Waals surface area contributed by atoms with Gasteiger partial charge in [-0.1, -0.05) is 31.0 Å². The predicted octanol–water partition coefficient (Wildman–Crippen LogP) is 3.70. The van der Waals surface area contributed by atoms with Gasteiger partial charge in [-0.25, -0.2) is 9.97 Å². The number of carbonyl (C=O) groups excluding carboxylic acids is 1. The molecule has 1 aliphatic carbocycles. The zero-order chi connectivity index (χ0) is 16.2. The smallest absolute Gasteiger partial charge is 0.258 e. The highest BCUT2D eigenvalue weighted by atomic mass is 16.1. The fraction of sp³-hybridized carbons (Fsp3) is 0.389. The maximum atomic E-state index is 12.4. The standard InChI is InChI=1S/C18H22N4O/c1-12-6-5-7-13(2)16(12)22-17(23)14-10-19-18(20-11-14)21-15-8-3-4-9-15/h5-7,10-11,15H,3-4,8-9H2,1-2H3,(H,22,23)(H,19,20,21). The third-order valence-electron chi connectivity index (χ3n) is 4.32. The lowest BCUT2D eigenvalue weighted by Crippen LogP contribution is -2.18. The number of hydrogen-bond donors (Lipinski definition) is 2. The average molecular weight is 310 g/mol. The maximum Gasteiger partial charge on any atom is 0.258 e. The molecule has 1 heterocycles. The molecule has 5 heteroatoms. The second kappa shape index (κ2) is 6.77. The molecule has 3 rings (SSSR count). The molecule has 120 valence electrons. The largest absolute Gasteiger partial charge is 0.351 e. The van der Waals surface area contributed by atoms with E-state index < -0.39 is 0 Å². The quantitative estimate of drug-likeness (QED) is 0.903. The van der Waals surface area contributed by atoms with Gasteiger partial charge in [0, 0.05) is 24.1 Å². The molecule has 1 amide bonds. The van der Waals surface area contributed by atoms with Gasteiger partial charge in [-0.05, 0) is 37.8 Å². The summed E-state index contributed by atoms with van der Waals surface area (Å²) in [6.45, 7) is 3.96. The lowest BCUT2D eigenvalue weighted by Gasteiger charge is -2.13. The van der Waals surface area contributed by atoms with Crippen molar-refractivity contribution in [2.75, 3.05) is 10.6 Å². The zero-order valence-corrected chi connectivity index (χ0v) is 13.6. The van der Waals surface area contributed by atoms with E-state index in [1.807, 2.05) is 32.0 Å². The number of benzene rings is 1. The zero-order valence-electron chi connectivity index (χ0n) is 13.6. The molecule has 1 aromatic heterocycles. The van der Waals surface area contributed by atoms with Gasteiger partial charge in [-0.3, -0.25) is 4.79 Å². The fourth-order valence-corrected chi connectivity index (χ4v) is 2.97. The van der Waals surface area contributed by atoms with Crippen molar-refractivity contribution in [3.8, 4) is 0 Å². The summed E-state index contributed by atoms with van der Waals surface area (Å²) in [5.74, 6) is 0.412. The molecular formula is C18H22N4O. The van der Waals surface area contributed by atoms with Crippen LogP contribution in [0.2, 0.25) is 0 Å². The minimum Gasteiger partial charge on any atom is -0.351 e. The lowest BCUT2D eigenvalue weighted by molar-refractivity contribution is 0.102. The van der Waals surface area contributed by atoms with E-state index >= 15 is 0 Å². The summed E-state index contributed by atoms with van der Waals surface area (Å²) in [7, 11) is 0. The number of nitrogens with one attached hydrogen (secondary N) is 2. The Morgan fingerprint density at radius 1 is 1.09 bits per heavy atom. The topological polar surface area (TPSA) is 66.9 Å². The van der Waals surface area contributed by atoms with Gasteiger partial charge in [0.1, 0.15) is 0 Å². The van der Waals surface area contributed by atoms with Gasteiger partial charge in [-0.2, -0.15) is 0 Å². The minimum atomic E-state index is -0.185. The van der Waals surface area contributed by atoms with Crippen LogP contribution in [0.15, 0.2) is 30.6 Å². The second-order valence-electron chi connectivity index (χ2n) is 6.14. The van der Waals surface area contributed by atoms with Crippen molar-refractivity contribution in [1.82, 2.24) is 9.97 Å². The monoisotopic (exact) mass is 310 g/mol. The Labute approximate surface area is 136 Å². The van der Waals surface area contributed by atoms with Gasteiger partial charge in [0.2, 0.25) is 5.95 Å². The third-order valence-corrected chi connectivity index (χ3v) is 4.32. The van der Waals surface area contributed by atoms with Crippen molar-refractivity contribution in [3.63, 3.8) is 0 Å². The first-order valence-electron chi connectivity index (χ1n) is 8.09. The fourth-order valence-electron chi connectivity index (χ4n) is 2.97. The first-order valence-corrected chi connectivity index (χ1v) is 8.09. The van der Waals surface area contributed by atoms with E-state index in [0.717, 1.165) is 29.7 Å². The Morgan fingerprint density at radius 3 is 2.30 bits per heavy atom. The Kier molecular flexibility index (Phi) is 4.55. The molecule has 0 saturated heterocycles. The van der Waals surface area contributed by atoms with Crippen LogP contribution in [0.4, 0.5) is 11.6 Å². The normalized spacial score (nSPS) is 14.7. The number of hydrogen-bond acceptors (Lipinski definition) is 4. The van der Waals surface area contributed by atoms with E-state index in [1.54, 1.807) is 12.4 Å². The van der Waals surface area contributed by atoms with E-state index in [4.69, 9.17) is 0 Å². The highest BCUT2D eigenvalue weighted by Gasteiger charge is 2.16. The predicted molar refractivity (Wildman–Crippen MR) is 91.8 cm³/mol. The molecule has 0 bridgehead atoms. The molecule has 23 heavy (non-hydrogen) atoms. The van der Waals surface area contributed by atoms with Gasteiger partial charge < -0.3 is 10.6 Å². The summed E-state index contributed by atoms with van der Waals surface area (Å²) in [5, 5.41) is 6.27. The molecule has 0 unspecified atom stereocenters. The molecule has 1 aromatic carbocycles. The highest BCUT2D eigenvalue weighted by molar-refractivity contribution is 6.04. The van der Waals surface area contributed by atoms with Crippen LogP contribution in [0.5, 0.6) is 0 Å². The molecule has 1 fully saturated rings. The molecule has 2 N–H and O–H groups in total. The third kappa shape index (κ3) is 3.67. The van der Waals surface area contributed by atoms with Crippen molar-refractivity contribution < 1.29 is 4.79 Å². The SMILES string of the molecule is Cc1cccc(C)c1NC(=O)c1cnc(NC2CCCC2)nc1. The molecule has 1 saturated carbocycles. The van der Waals surface area contributed by atoms with Crippen LogP contribution in [0.3, 0.4) is 0 Å². The first-order chi connectivity index (χ1) is 11.1. The number of para-hydroxylation sites is 1. The van der Waals surface area contributed by atoms with E-state index in [9.17, 15) is 4.79 Å². The highest BCUT2D eigenvalue weighted by Crippen LogP contribution is 2.21. The van der Waals surface area contributed by atoms with Gasteiger partial charge >= 0.3 is 0 Å². The number of amides is 1.